The van der Waals surface area contributed by atoms with E-state index in [1.54, 1.807) is 0 Å². The summed E-state index contributed by atoms with van der Waals surface area (Å²) >= 11 is 0. The van der Waals surface area contributed by atoms with Crippen LogP contribution in [0.5, 0.6) is 0 Å². The highest BCUT2D eigenvalue weighted by atomic mass is 16.5. The lowest BCUT2D eigenvalue weighted by atomic mass is 9.99. The molecule has 1 heterocycles. The highest BCUT2D eigenvalue weighted by Crippen LogP contribution is 2.35. The van der Waals surface area contributed by atoms with Gasteiger partial charge in [-0.3, -0.25) is 5.01 Å². The molecular formula is C19H20N2O2. The van der Waals surface area contributed by atoms with Gasteiger partial charge in [0.1, 0.15) is 0 Å². The lowest BCUT2D eigenvalue weighted by molar-refractivity contribution is -0.138. The first-order valence-electron chi connectivity index (χ1n) is 7.76. The van der Waals surface area contributed by atoms with E-state index >= 15 is 0 Å². The number of hydrazine groups is 1. The van der Waals surface area contributed by atoms with Crippen LogP contribution >= 0.6 is 0 Å². The largest absolute Gasteiger partial charge is 0.463 e. The first kappa shape index (κ1) is 15.3. The van der Waals surface area contributed by atoms with E-state index < -0.39 is 0 Å². The van der Waals surface area contributed by atoms with Gasteiger partial charge in [0, 0.05) is 5.70 Å². The zero-order valence-electron chi connectivity index (χ0n) is 13.3. The van der Waals surface area contributed by atoms with E-state index in [2.05, 4.69) is 5.43 Å². The molecule has 0 saturated carbocycles. The molecule has 0 aromatic heterocycles. The van der Waals surface area contributed by atoms with Crippen molar-refractivity contribution in [3.63, 3.8) is 0 Å². The molecule has 0 amide bonds. The Morgan fingerprint density at radius 2 is 1.70 bits per heavy atom. The van der Waals surface area contributed by atoms with Gasteiger partial charge in [-0.05, 0) is 31.5 Å². The van der Waals surface area contributed by atoms with Crippen molar-refractivity contribution in [2.24, 2.45) is 0 Å². The van der Waals surface area contributed by atoms with Gasteiger partial charge in [0.15, 0.2) is 0 Å². The van der Waals surface area contributed by atoms with E-state index in [1.165, 1.54) is 0 Å². The minimum atomic E-state index is -0.273. The standard InChI is InChI=1S/C19H20N2O2/c1-3-23-19(22)17-14(2)21(16-12-8-5-9-13-16)20-18(17)15-10-6-4-7-11-15/h4-13,18,20H,3H2,1-2H3. The molecule has 0 bridgehead atoms. The monoisotopic (exact) mass is 308 g/mol. The summed E-state index contributed by atoms with van der Waals surface area (Å²) in [5.74, 6) is -0.273. The van der Waals surface area contributed by atoms with Gasteiger partial charge in [0.25, 0.3) is 0 Å². The van der Waals surface area contributed by atoms with Crippen molar-refractivity contribution >= 4 is 11.7 Å². The Hall–Kier alpha value is -2.59. The van der Waals surface area contributed by atoms with Crippen LogP contribution in [0.1, 0.15) is 25.5 Å². The van der Waals surface area contributed by atoms with Gasteiger partial charge < -0.3 is 4.74 Å². The quantitative estimate of drug-likeness (QED) is 0.877. The van der Waals surface area contributed by atoms with Crippen molar-refractivity contribution in [2.75, 3.05) is 11.6 Å². The molecule has 4 heteroatoms. The van der Waals surface area contributed by atoms with Crippen molar-refractivity contribution < 1.29 is 9.53 Å². The van der Waals surface area contributed by atoms with Gasteiger partial charge in [-0.2, -0.15) is 0 Å². The van der Waals surface area contributed by atoms with Crippen molar-refractivity contribution in [1.82, 2.24) is 5.43 Å². The predicted octanol–water partition coefficient (Wildman–Crippen LogP) is 3.59. The summed E-state index contributed by atoms with van der Waals surface area (Å²) in [6.07, 6.45) is 0. The summed E-state index contributed by atoms with van der Waals surface area (Å²) in [6.45, 7) is 4.13. The fraction of sp³-hybridized carbons (Fsp3) is 0.211. The molecule has 0 spiro atoms. The number of anilines is 1. The van der Waals surface area contributed by atoms with Crippen LogP contribution in [-0.2, 0) is 9.53 Å². The smallest absolute Gasteiger partial charge is 0.337 e. The third-order valence-electron chi connectivity index (χ3n) is 3.91. The number of para-hydroxylation sites is 1. The summed E-state index contributed by atoms with van der Waals surface area (Å²) in [5, 5.41) is 1.95. The van der Waals surface area contributed by atoms with E-state index in [9.17, 15) is 4.79 Å². The van der Waals surface area contributed by atoms with Crippen LogP contribution in [0.15, 0.2) is 71.9 Å². The minimum Gasteiger partial charge on any atom is -0.463 e. The van der Waals surface area contributed by atoms with E-state index in [4.69, 9.17) is 4.74 Å². The molecule has 0 radical (unpaired) electrons. The number of esters is 1. The number of allylic oxidation sites excluding steroid dienone is 1. The number of nitrogens with one attached hydrogen (secondary N) is 1. The van der Waals surface area contributed by atoms with Crippen molar-refractivity contribution in [3.8, 4) is 0 Å². The van der Waals surface area contributed by atoms with Crippen LogP contribution < -0.4 is 10.4 Å². The molecule has 3 rings (SSSR count). The van der Waals surface area contributed by atoms with Crippen LogP contribution in [-0.4, -0.2) is 12.6 Å². The third-order valence-corrected chi connectivity index (χ3v) is 3.91. The first-order chi connectivity index (χ1) is 11.2. The number of benzene rings is 2. The lowest BCUT2D eigenvalue weighted by Crippen LogP contribution is -2.33. The van der Waals surface area contributed by atoms with Gasteiger partial charge in [0.05, 0.1) is 23.9 Å². The molecule has 1 unspecified atom stereocenters. The lowest BCUT2D eigenvalue weighted by Gasteiger charge is -2.22. The molecule has 1 atom stereocenters. The average Bonchev–Trinajstić information content (AvgIpc) is 2.94. The first-order valence-corrected chi connectivity index (χ1v) is 7.76. The number of carbonyl (C=O) groups is 1. The molecule has 1 aliphatic rings. The SMILES string of the molecule is CCOC(=O)C1=C(C)N(c2ccccc2)NC1c1ccccc1. The van der Waals surface area contributed by atoms with Crippen molar-refractivity contribution in [2.45, 2.75) is 19.9 Å². The Labute approximate surface area is 136 Å². The summed E-state index contributed by atoms with van der Waals surface area (Å²) in [4.78, 5) is 12.5. The second-order valence-electron chi connectivity index (χ2n) is 5.36. The van der Waals surface area contributed by atoms with Gasteiger partial charge in [-0.25, -0.2) is 10.2 Å². The number of ether oxygens (including phenoxy) is 1. The Morgan fingerprint density at radius 1 is 1.09 bits per heavy atom. The van der Waals surface area contributed by atoms with Crippen LogP contribution in [0.25, 0.3) is 0 Å². The maximum Gasteiger partial charge on any atom is 0.337 e. The van der Waals surface area contributed by atoms with Crippen LogP contribution in [0.4, 0.5) is 5.69 Å². The zero-order chi connectivity index (χ0) is 16.2. The molecule has 1 aliphatic heterocycles. The average molecular weight is 308 g/mol. The van der Waals surface area contributed by atoms with Crippen LogP contribution in [0.2, 0.25) is 0 Å². The Kier molecular flexibility index (Phi) is 4.44. The second-order valence-corrected chi connectivity index (χ2v) is 5.36. The summed E-state index contributed by atoms with van der Waals surface area (Å²) < 4.78 is 5.27. The Bertz CT molecular complexity index is 711. The summed E-state index contributed by atoms with van der Waals surface area (Å²) in [7, 11) is 0. The number of carbonyl (C=O) groups excluding carboxylic acids is 1. The molecule has 23 heavy (non-hydrogen) atoms. The van der Waals surface area contributed by atoms with Gasteiger partial charge in [-0.15, -0.1) is 0 Å². The Balaban J connectivity index is 2.02. The maximum absolute atomic E-state index is 12.5. The number of hydrogen-bond acceptors (Lipinski definition) is 4. The van der Waals surface area contributed by atoms with Crippen molar-refractivity contribution in [3.05, 3.63) is 77.5 Å². The van der Waals surface area contributed by atoms with Crippen LogP contribution in [0, 0.1) is 0 Å². The minimum absolute atomic E-state index is 0.213. The molecule has 0 aliphatic carbocycles. The van der Waals surface area contributed by atoms with E-state index in [0.29, 0.717) is 12.2 Å². The maximum atomic E-state index is 12.5. The molecule has 4 nitrogen and oxygen atoms in total. The van der Waals surface area contributed by atoms with Crippen molar-refractivity contribution in [1.29, 1.82) is 0 Å². The van der Waals surface area contributed by atoms with Gasteiger partial charge in [0.2, 0.25) is 0 Å². The van der Waals surface area contributed by atoms with E-state index in [0.717, 1.165) is 16.9 Å². The molecule has 2 aromatic carbocycles. The number of hydrogen-bond donors (Lipinski definition) is 1. The second kappa shape index (κ2) is 6.67. The number of nitrogens with zero attached hydrogens (tertiary/aromatic N) is 1. The zero-order valence-corrected chi connectivity index (χ0v) is 13.3. The Morgan fingerprint density at radius 3 is 2.30 bits per heavy atom. The highest BCUT2D eigenvalue weighted by molar-refractivity contribution is 5.93. The van der Waals surface area contributed by atoms with Gasteiger partial charge >= 0.3 is 5.97 Å². The van der Waals surface area contributed by atoms with E-state index in [1.807, 2.05) is 79.5 Å². The molecule has 0 fully saturated rings. The van der Waals surface area contributed by atoms with Gasteiger partial charge in [-0.1, -0.05) is 48.5 Å². The topological polar surface area (TPSA) is 41.6 Å². The summed E-state index contributed by atoms with van der Waals surface area (Å²) in [6, 6.07) is 19.7. The normalized spacial score (nSPS) is 17.5. The molecule has 1 N–H and O–H groups in total. The molecule has 2 aromatic rings. The predicted molar refractivity (Wildman–Crippen MR) is 90.6 cm³/mol. The highest BCUT2D eigenvalue weighted by Gasteiger charge is 2.35. The fourth-order valence-corrected chi connectivity index (χ4v) is 2.83. The molecular weight excluding hydrogens is 288 g/mol. The van der Waals surface area contributed by atoms with Crippen LogP contribution in [0.3, 0.4) is 0 Å². The fourth-order valence-electron chi connectivity index (χ4n) is 2.83. The molecule has 0 saturated heterocycles. The summed E-state index contributed by atoms with van der Waals surface area (Å²) in [5.41, 5.74) is 6.97. The number of rotatable bonds is 4. The molecule has 118 valence electrons. The third kappa shape index (κ3) is 2.98. The van der Waals surface area contributed by atoms with E-state index in [-0.39, 0.29) is 12.0 Å².